The number of hydrogen-bond acceptors (Lipinski definition) is 3. The summed E-state index contributed by atoms with van der Waals surface area (Å²) in [5, 5.41) is 0. The van der Waals surface area contributed by atoms with E-state index in [9.17, 15) is 14.4 Å². The maximum Gasteiger partial charge on any atom is 0.233 e. The summed E-state index contributed by atoms with van der Waals surface area (Å²) in [6.07, 6.45) is 6.86. The van der Waals surface area contributed by atoms with Crippen molar-refractivity contribution >= 4 is 23.3 Å². The molecule has 1 saturated heterocycles. The third kappa shape index (κ3) is 3.55. The van der Waals surface area contributed by atoms with Gasteiger partial charge >= 0.3 is 0 Å². The fraction of sp³-hybridized carbons (Fsp3) is 0.500. The van der Waals surface area contributed by atoms with Crippen molar-refractivity contribution in [2.24, 2.45) is 11.8 Å². The number of fused-ring (bicyclic) bond motifs is 1. The molecule has 5 heteroatoms. The Hall–Kier alpha value is -2.43. The van der Waals surface area contributed by atoms with Gasteiger partial charge in [0.15, 0.2) is 0 Å². The highest BCUT2D eigenvalue weighted by atomic mass is 16.2. The highest BCUT2D eigenvalue weighted by Crippen LogP contribution is 2.38. The molecule has 2 atom stereocenters. The molecule has 4 rings (SSSR count). The molecule has 5 nitrogen and oxygen atoms in total. The first-order valence-corrected chi connectivity index (χ1v) is 10.0. The molecule has 2 fully saturated rings. The van der Waals surface area contributed by atoms with Crippen molar-refractivity contribution in [2.45, 2.75) is 38.5 Å². The number of benzene rings is 1. The van der Waals surface area contributed by atoms with Crippen LogP contribution in [0.2, 0.25) is 0 Å². The average molecular weight is 366 g/mol. The van der Waals surface area contributed by atoms with Crippen molar-refractivity contribution in [1.29, 1.82) is 0 Å². The van der Waals surface area contributed by atoms with Crippen molar-refractivity contribution < 1.29 is 14.4 Å². The standard InChI is InChI=1S/C22H26N2O3/c25-20(23-13-10-17(11-14-23)16-6-2-1-3-7-16)12-15-24-21(26)18-8-4-5-9-19(18)22(24)27/h1-3,6-7,10,18-19H,4-5,8-9,11-15H2/t18-,19+. The monoisotopic (exact) mass is 366 g/mol. The Labute approximate surface area is 160 Å². The molecule has 2 aliphatic heterocycles. The van der Waals surface area contributed by atoms with Crippen molar-refractivity contribution in [3.63, 3.8) is 0 Å². The summed E-state index contributed by atoms with van der Waals surface area (Å²) in [4.78, 5) is 40.8. The predicted octanol–water partition coefficient (Wildman–Crippen LogP) is 2.87. The second-order valence-corrected chi connectivity index (χ2v) is 7.76. The van der Waals surface area contributed by atoms with E-state index in [4.69, 9.17) is 0 Å². The van der Waals surface area contributed by atoms with Crippen molar-refractivity contribution in [3.05, 3.63) is 42.0 Å². The van der Waals surface area contributed by atoms with Crippen LogP contribution in [0.1, 0.15) is 44.1 Å². The van der Waals surface area contributed by atoms with Crippen molar-refractivity contribution in [2.75, 3.05) is 19.6 Å². The van der Waals surface area contributed by atoms with Crippen LogP contribution in [0.25, 0.3) is 5.57 Å². The second kappa shape index (κ2) is 7.67. The molecule has 27 heavy (non-hydrogen) atoms. The summed E-state index contributed by atoms with van der Waals surface area (Å²) in [5.74, 6) is -0.348. The third-order valence-electron chi connectivity index (χ3n) is 6.19. The fourth-order valence-corrected chi connectivity index (χ4v) is 4.63. The van der Waals surface area contributed by atoms with E-state index in [-0.39, 0.29) is 42.5 Å². The van der Waals surface area contributed by atoms with Gasteiger partial charge in [-0.1, -0.05) is 49.2 Å². The molecule has 1 saturated carbocycles. The molecule has 0 spiro atoms. The number of amides is 3. The SMILES string of the molecule is O=C(CCN1C(=O)[C@H]2CCCC[C@H]2C1=O)N1CC=C(c2ccccc2)CC1. The number of rotatable bonds is 4. The lowest BCUT2D eigenvalue weighted by Crippen LogP contribution is -2.39. The first kappa shape index (κ1) is 18.0. The Morgan fingerprint density at radius 1 is 1.00 bits per heavy atom. The molecule has 1 aromatic carbocycles. The number of carbonyl (C=O) groups is 3. The van der Waals surface area contributed by atoms with Crippen LogP contribution in [-0.2, 0) is 14.4 Å². The molecule has 0 unspecified atom stereocenters. The largest absolute Gasteiger partial charge is 0.339 e. The minimum Gasteiger partial charge on any atom is -0.339 e. The van der Waals surface area contributed by atoms with E-state index in [0.717, 1.165) is 32.1 Å². The number of imide groups is 1. The minimum absolute atomic E-state index is 0.0221. The van der Waals surface area contributed by atoms with E-state index in [0.29, 0.717) is 13.1 Å². The topological polar surface area (TPSA) is 57.7 Å². The van der Waals surface area contributed by atoms with E-state index in [1.807, 2.05) is 23.1 Å². The Bertz CT molecular complexity index is 747. The number of nitrogens with zero attached hydrogens (tertiary/aromatic N) is 2. The zero-order chi connectivity index (χ0) is 18.8. The number of likely N-dealkylation sites (tertiary alicyclic amines) is 1. The molecule has 2 heterocycles. The van der Waals surface area contributed by atoms with Gasteiger partial charge in [0.05, 0.1) is 11.8 Å². The Morgan fingerprint density at radius 2 is 1.67 bits per heavy atom. The van der Waals surface area contributed by atoms with Gasteiger partial charge in [0.25, 0.3) is 0 Å². The van der Waals surface area contributed by atoms with Gasteiger partial charge in [-0.2, -0.15) is 0 Å². The van der Waals surface area contributed by atoms with E-state index in [1.165, 1.54) is 16.0 Å². The van der Waals surface area contributed by atoms with Gasteiger partial charge in [0.2, 0.25) is 17.7 Å². The van der Waals surface area contributed by atoms with Crippen LogP contribution in [0.3, 0.4) is 0 Å². The summed E-state index contributed by atoms with van der Waals surface area (Å²) in [7, 11) is 0. The lowest BCUT2D eigenvalue weighted by Gasteiger charge is -2.27. The first-order chi connectivity index (χ1) is 13.1. The molecule has 1 aliphatic carbocycles. The van der Waals surface area contributed by atoms with Crippen LogP contribution < -0.4 is 0 Å². The number of carbonyl (C=O) groups excluding carboxylic acids is 3. The van der Waals surface area contributed by atoms with E-state index < -0.39 is 0 Å². The fourth-order valence-electron chi connectivity index (χ4n) is 4.63. The molecule has 0 aromatic heterocycles. The molecule has 3 amide bonds. The highest BCUT2D eigenvalue weighted by molar-refractivity contribution is 6.05. The third-order valence-corrected chi connectivity index (χ3v) is 6.19. The van der Waals surface area contributed by atoms with E-state index in [2.05, 4.69) is 18.2 Å². The van der Waals surface area contributed by atoms with E-state index in [1.54, 1.807) is 0 Å². The van der Waals surface area contributed by atoms with Crippen LogP contribution in [-0.4, -0.2) is 47.2 Å². The lowest BCUT2D eigenvalue weighted by molar-refractivity contribution is -0.140. The van der Waals surface area contributed by atoms with Crippen molar-refractivity contribution in [1.82, 2.24) is 9.80 Å². The van der Waals surface area contributed by atoms with Gasteiger partial charge in [-0.3, -0.25) is 19.3 Å². The Morgan fingerprint density at radius 3 is 2.26 bits per heavy atom. The van der Waals surface area contributed by atoms with Crippen LogP contribution >= 0.6 is 0 Å². The van der Waals surface area contributed by atoms with Gasteiger partial charge in [0.1, 0.15) is 0 Å². The molecule has 0 bridgehead atoms. The zero-order valence-electron chi connectivity index (χ0n) is 15.6. The van der Waals surface area contributed by atoms with Crippen LogP contribution in [0.5, 0.6) is 0 Å². The van der Waals surface area contributed by atoms with Gasteiger partial charge in [0, 0.05) is 26.1 Å². The van der Waals surface area contributed by atoms with Gasteiger partial charge < -0.3 is 4.90 Å². The maximum absolute atomic E-state index is 12.6. The molecular weight excluding hydrogens is 340 g/mol. The summed E-state index contributed by atoms with van der Waals surface area (Å²) in [6, 6.07) is 10.2. The van der Waals surface area contributed by atoms with Crippen LogP contribution in [0.4, 0.5) is 0 Å². The second-order valence-electron chi connectivity index (χ2n) is 7.76. The van der Waals surface area contributed by atoms with Gasteiger partial charge in [-0.05, 0) is 30.4 Å². The van der Waals surface area contributed by atoms with Gasteiger partial charge in [-0.15, -0.1) is 0 Å². The van der Waals surface area contributed by atoms with Crippen LogP contribution in [0.15, 0.2) is 36.4 Å². The summed E-state index contributed by atoms with van der Waals surface area (Å²) < 4.78 is 0. The quantitative estimate of drug-likeness (QED) is 0.770. The Balaban J connectivity index is 1.32. The van der Waals surface area contributed by atoms with E-state index >= 15 is 0 Å². The maximum atomic E-state index is 12.6. The smallest absolute Gasteiger partial charge is 0.233 e. The molecule has 0 radical (unpaired) electrons. The predicted molar refractivity (Wildman–Crippen MR) is 102 cm³/mol. The Kier molecular flexibility index (Phi) is 5.10. The normalized spacial score (nSPS) is 25.4. The molecular formula is C22H26N2O3. The molecule has 1 aromatic rings. The first-order valence-electron chi connectivity index (χ1n) is 10.0. The highest BCUT2D eigenvalue weighted by Gasteiger charge is 2.47. The molecule has 3 aliphatic rings. The van der Waals surface area contributed by atoms with Crippen molar-refractivity contribution in [3.8, 4) is 0 Å². The average Bonchev–Trinajstić information content (AvgIpc) is 2.97. The minimum atomic E-state index is -0.132. The summed E-state index contributed by atoms with van der Waals surface area (Å²) >= 11 is 0. The van der Waals surface area contributed by atoms with Crippen LogP contribution in [0, 0.1) is 11.8 Å². The summed E-state index contributed by atoms with van der Waals surface area (Å²) in [6.45, 7) is 1.51. The summed E-state index contributed by atoms with van der Waals surface area (Å²) in [5.41, 5.74) is 2.48. The zero-order valence-corrected chi connectivity index (χ0v) is 15.6. The van der Waals surface area contributed by atoms with Gasteiger partial charge in [-0.25, -0.2) is 0 Å². The number of hydrogen-bond donors (Lipinski definition) is 0. The molecule has 0 N–H and O–H groups in total. The molecule has 142 valence electrons. The lowest BCUT2D eigenvalue weighted by atomic mass is 9.81.